The zero-order valence-electron chi connectivity index (χ0n) is 12.5. The van der Waals surface area contributed by atoms with Gasteiger partial charge in [-0.2, -0.15) is 0 Å². The third kappa shape index (κ3) is 5.14. The molecule has 0 fully saturated rings. The third-order valence-electron chi connectivity index (χ3n) is 3.60. The molecule has 3 nitrogen and oxygen atoms in total. The van der Waals surface area contributed by atoms with Crippen molar-refractivity contribution in [3.05, 3.63) is 34.9 Å². The highest BCUT2D eigenvalue weighted by molar-refractivity contribution is 6.30. The predicted molar refractivity (Wildman–Crippen MR) is 84.6 cm³/mol. The van der Waals surface area contributed by atoms with Crippen LogP contribution in [0.3, 0.4) is 0 Å². The van der Waals surface area contributed by atoms with Crippen molar-refractivity contribution in [1.29, 1.82) is 0 Å². The van der Waals surface area contributed by atoms with Crippen molar-refractivity contribution in [2.75, 3.05) is 6.54 Å². The van der Waals surface area contributed by atoms with Crippen LogP contribution in [0.1, 0.15) is 45.2 Å². The first kappa shape index (κ1) is 17.0. The van der Waals surface area contributed by atoms with Gasteiger partial charge in [-0.15, -0.1) is 0 Å². The van der Waals surface area contributed by atoms with Gasteiger partial charge in [-0.3, -0.25) is 4.79 Å². The SMILES string of the molecule is CCC(CN)CC(=O)NC(c1ccc(Cl)cc1)C(C)C. The smallest absolute Gasteiger partial charge is 0.220 e. The van der Waals surface area contributed by atoms with Crippen LogP contribution in [0.25, 0.3) is 0 Å². The van der Waals surface area contributed by atoms with E-state index < -0.39 is 0 Å². The Bertz CT molecular complexity index is 413. The number of rotatable bonds is 7. The lowest BCUT2D eigenvalue weighted by molar-refractivity contribution is -0.123. The van der Waals surface area contributed by atoms with Gasteiger partial charge >= 0.3 is 0 Å². The largest absolute Gasteiger partial charge is 0.349 e. The molecule has 2 atom stereocenters. The van der Waals surface area contributed by atoms with E-state index in [1.54, 1.807) is 0 Å². The average Bonchev–Trinajstić information content (AvgIpc) is 2.43. The molecule has 0 saturated heterocycles. The van der Waals surface area contributed by atoms with Crippen LogP contribution in [0, 0.1) is 11.8 Å². The number of hydrogen-bond donors (Lipinski definition) is 2. The highest BCUT2D eigenvalue weighted by atomic mass is 35.5. The Labute approximate surface area is 126 Å². The maximum Gasteiger partial charge on any atom is 0.220 e. The van der Waals surface area contributed by atoms with Gasteiger partial charge in [0.2, 0.25) is 5.91 Å². The van der Waals surface area contributed by atoms with Gasteiger partial charge in [-0.05, 0) is 36.1 Å². The summed E-state index contributed by atoms with van der Waals surface area (Å²) in [7, 11) is 0. The molecular weight excluding hydrogens is 272 g/mol. The Morgan fingerprint density at radius 3 is 2.35 bits per heavy atom. The first-order valence-corrected chi connectivity index (χ1v) is 7.60. The van der Waals surface area contributed by atoms with E-state index in [9.17, 15) is 4.79 Å². The zero-order valence-corrected chi connectivity index (χ0v) is 13.3. The van der Waals surface area contributed by atoms with E-state index in [0.717, 1.165) is 12.0 Å². The van der Waals surface area contributed by atoms with Crippen LogP contribution in [0.2, 0.25) is 5.02 Å². The fourth-order valence-electron chi connectivity index (χ4n) is 2.19. The van der Waals surface area contributed by atoms with Gasteiger partial charge in [0.15, 0.2) is 0 Å². The summed E-state index contributed by atoms with van der Waals surface area (Å²) in [5.41, 5.74) is 6.74. The summed E-state index contributed by atoms with van der Waals surface area (Å²) in [6.07, 6.45) is 1.42. The number of halogens is 1. The van der Waals surface area contributed by atoms with Gasteiger partial charge in [0, 0.05) is 11.4 Å². The average molecular weight is 297 g/mol. The monoisotopic (exact) mass is 296 g/mol. The number of nitrogens with one attached hydrogen (secondary N) is 1. The standard InChI is InChI=1S/C16H25ClN2O/c1-4-12(10-18)9-15(20)19-16(11(2)3)13-5-7-14(17)8-6-13/h5-8,11-12,16H,4,9-10,18H2,1-3H3,(H,19,20). The van der Waals surface area contributed by atoms with Crippen LogP contribution in [-0.4, -0.2) is 12.5 Å². The number of amides is 1. The summed E-state index contributed by atoms with van der Waals surface area (Å²) < 4.78 is 0. The number of benzene rings is 1. The molecule has 0 aliphatic carbocycles. The number of hydrogen-bond acceptors (Lipinski definition) is 2. The highest BCUT2D eigenvalue weighted by Gasteiger charge is 2.19. The second kappa shape index (κ2) is 8.28. The van der Waals surface area contributed by atoms with E-state index in [1.165, 1.54) is 0 Å². The molecule has 0 heterocycles. The Morgan fingerprint density at radius 1 is 1.30 bits per heavy atom. The van der Waals surface area contributed by atoms with Crippen LogP contribution in [-0.2, 0) is 4.79 Å². The lowest BCUT2D eigenvalue weighted by Crippen LogP contribution is -2.33. The minimum Gasteiger partial charge on any atom is -0.349 e. The fraction of sp³-hybridized carbons (Fsp3) is 0.562. The summed E-state index contributed by atoms with van der Waals surface area (Å²) in [6.45, 7) is 6.81. The molecule has 112 valence electrons. The Morgan fingerprint density at radius 2 is 1.90 bits per heavy atom. The maximum atomic E-state index is 12.1. The summed E-state index contributed by atoms with van der Waals surface area (Å²) in [4.78, 5) is 12.1. The molecule has 1 amide bonds. The van der Waals surface area contributed by atoms with Crippen LogP contribution < -0.4 is 11.1 Å². The normalized spacial score (nSPS) is 14.1. The van der Waals surface area contributed by atoms with Crippen molar-refractivity contribution in [3.8, 4) is 0 Å². The minimum absolute atomic E-state index is 0.00930. The van der Waals surface area contributed by atoms with Crippen molar-refractivity contribution in [2.24, 2.45) is 17.6 Å². The maximum absolute atomic E-state index is 12.1. The molecule has 0 aromatic heterocycles. The Kier molecular flexibility index (Phi) is 7.03. The van der Waals surface area contributed by atoms with Crippen molar-refractivity contribution < 1.29 is 4.79 Å². The Hall–Kier alpha value is -1.06. The van der Waals surface area contributed by atoms with Gasteiger partial charge in [0.25, 0.3) is 0 Å². The van der Waals surface area contributed by atoms with Crippen molar-refractivity contribution in [2.45, 2.75) is 39.7 Å². The molecule has 1 aromatic carbocycles. The number of nitrogens with two attached hydrogens (primary N) is 1. The Balaban J connectivity index is 2.73. The summed E-state index contributed by atoms with van der Waals surface area (Å²) in [5, 5.41) is 3.82. The summed E-state index contributed by atoms with van der Waals surface area (Å²) in [5.74, 6) is 0.641. The van der Waals surface area contributed by atoms with Crippen molar-refractivity contribution >= 4 is 17.5 Å². The van der Waals surface area contributed by atoms with Gasteiger partial charge in [-0.1, -0.05) is 50.9 Å². The molecule has 20 heavy (non-hydrogen) atoms. The molecular formula is C16H25ClN2O. The van der Waals surface area contributed by atoms with E-state index >= 15 is 0 Å². The topological polar surface area (TPSA) is 55.1 Å². The summed E-state index contributed by atoms with van der Waals surface area (Å²) in [6, 6.07) is 7.65. The van der Waals surface area contributed by atoms with Crippen molar-refractivity contribution in [3.63, 3.8) is 0 Å². The first-order chi connectivity index (χ1) is 9.47. The lowest BCUT2D eigenvalue weighted by Gasteiger charge is -2.24. The number of carbonyl (C=O) groups excluding carboxylic acids is 1. The molecule has 1 rings (SSSR count). The van der Waals surface area contributed by atoms with Gasteiger partial charge in [0.05, 0.1) is 6.04 Å². The van der Waals surface area contributed by atoms with E-state index in [2.05, 4.69) is 26.1 Å². The fourth-order valence-corrected chi connectivity index (χ4v) is 2.32. The lowest BCUT2D eigenvalue weighted by atomic mass is 9.95. The van der Waals surface area contributed by atoms with Crippen LogP contribution >= 0.6 is 11.6 Å². The van der Waals surface area contributed by atoms with Gasteiger partial charge < -0.3 is 11.1 Å². The molecule has 0 saturated carbocycles. The predicted octanol–water partition coefficient (Wildman–Crippen LogP) is 3.53. The van der Waals surface area contributed by atoms with Crippen LogP contribution in [0.5, 0.6) is 0 Å². The zero-order chi connectivity index (χ0) is 15.1. The quantitative estimate of drug-likeness (QED) is 0.809. The molecule has 0 aliphatic heterocycles. The molecule has 4 heteroatoms. The van der Waals surface area contributed by atoms with Gasteiger partial charge in [-0.25, -0.2) is 0 Å². The van der Waals surface area contributed by atoms with E-state index in [1.807, 2.05) is 24.3 Å². The third-order valence-corrected chi connectivity index (χ3v) is 3.85. The molecule has 0 spiro atoms. The van der Waals surface area contributed by atoms with Crippen molar-refractivity contribution in [1.82, 2.24) is 5.32 Å². The van der Waals surface area contributed by atoms with E-state index in [-0.39, 0.29) is 17.9 Å². The molecule has 0 radical (unpaired) electrons. The second-order valence-corrected chi connectivity index (χ2v) is 5.99. The van der Waals surface area contributed by atoms with E-state index in [4.69, 9.17) is 17.3 Å². The highest BCUT2D eigenvalue weighted by Crippen LogP contribution is 2.23. The first-order valence-electron chi connectivity index (χ1n) is 7.22. The van der Waals surface area contributed by atoms with Gasteiger partial charge in [0.1, 0.15) is 0 Å². The molecule has 0 bridgehead atoms. The molecule has 2 unspecified atom stereocenters. The van der Waals surface area contributed by atoms with Crippen LogP contribution in [0.15, 0.2) is 24.3 Å². The minimum atomic E-state index is 0.00930. The van der Waals surface area contributed by atoms with Crippen LogP contribution in [0.4, 0.5) is 0 Å². The number of carbonyl (C=O) groups is 1. The molecule has 1 aromatic rings. The second-order valence-electron chi connectivity index (χ2n) is 5.55. The van der Waals surface area contributed by atoms with E-state index in [0.29, 0.717) is 23.9 Å². The molecule has 3 N–H and O–H groups in total. The molecule has 0 aliphatic rings. The summed E-state index contributed by atoms with van der Waals surface area (Å²) >= 11 is 5.91.